The first kappa shape index (κ1) is 17.9. The summed E-state index contributed by atoms with van der Waals surface area (Å²) in [4.78, 5) is 13.7. The van der Waals surface area contributed by atoms with Gasteiger partial charge in [-0.1, -0.05) is 6.92 Å². The average molecular weight is 342 g/mol. The average Bonchev–Trinajstić information content (AvgIpc) is 2.50. The molecule has 128 valence electrons. The standard InChI is InChI=1S/C16H23FN2O3S/c1-3-4-16(20)19-9-7-13(8-10-19)18-23(21,22)14-5-6-15(17)12(2)11-14/h5-6,11,13,18H,3-4,7-10H2,1-2H3. The van der Waals surface area contributed by atoms with Crippen LogP contribution in [0.2, 0.25) is 0 Å². The third-order valence-corrected chi connectivity index (χ3v) is 5.59. The molecule has 1 aromatic carbocycles. The molecule has 5 nitrogen and oxygen atoms in total. The number of sulfonamides is 1. The first-order valence-electron chi connectivity index (χ1n) is 7.89. The Morgan fingerprint density at radius 3 is 2.57 bits per heavy atom. The van der Waals surface area contributed by atoms with E-state index in [2.05, 4.69) is 4.72 Å². The summed E-state index contributed by atoms with van der Waals surface area (Å²) in [6.45, 7) is 4.62. The Morgan fingerprint density at radius 1 is 1.35 bits per heavy atom. The third kappa shape index (κ3) is 4.51. The molecule has 1 aliphatic heterocycles. The zero-order valence-electron chi connectivity index (χ0n) is 13.5. The monoisotopic (exact) mass is 342 g/mol. The fraction of sp³-hybridized carbons (Fsp3) is 0.562. The molecule has 1 aromatic rings. The van der Waals surface area contributed by atoms with Crippen LogP contribution in [-0.2, 0) is 14.8 Å². The number of nitrogens with zero attached hydrogens (tertiary/aromatic N) is 1. The fourth-order valence-corrected chi connectivity index (χ4v) is 4.08. The molecule has 0 bridgehead atoms. The van der Waals surface area contributed by atoms with Crippen molar-refractivity contribution in [1.29, 1.82) is 0 Å². The molecule has 1 N–H and O–H groups in total. The number of carbonyl (C=O) groups excluding carboxylic acids is 1. The minimum atomic E-state index is -3.67. The van der Waals surface area contributed by atoms with Crippen LogP contribution < -0.4 is 4.72 Å². The van der Waals surface area contributed by atoms with E-state index in [1.807, 2.05) is 6.92 Å². The number of carbonyl (C=O) groups is 1. The molecule has 1 saturated heterocycles. The van der Waals surface area contributed by atoms with Crippen LogP contribution in [0.25, 0.3) is 0 Å². The van der Waals surface area contributed by atoms with Crippen LogP contribution in [0, 0.1) is 12.7 Å². The highest BCUT2D eigenvalue weighted by molar-refractivity contribution is 7.89. The molecule has 23 heavy (non-hydrogen) atoms. The van der Waals surface area contributed by atoms with Crippen molar-refractivity contribution in [3.05, 3.63) is 29.6 Å². The van der Waals surface area contributed by atoms with Gasteiger partial charge in [0.25, 0.3) is 0 Å². The quantitative estimate of drug-likeness (QED) is 0.892. The van der Waals surface area contributed by atoms with Gasteiger partial charge in [0.1, 0.15) is 5.82 Å². The minimum Gasteiger partial charge on any atom is -0.343 e. The molecule has 0 radical (unpaired) electrons. The lowest BCUT2D eigenvalue weighted by molar-refractivity contribution is -0.132. The van der Waals surface area contributed by atoms with Crippen molar-refractivity contribution in [3.63, 3.8) is 0 Å². The van der Waals surface area contributed by atoms with Crippen LogP contribution in [-0.4, -0.2) is 38.4 Å². The van der Waals surface area contributed by atoms with Crippen LogP contribution in [0.5, 0.6) is 0 Å². The summed E-state index contributed by atoms with van der Waals surface area (Å²) in [6.07, 6.45) is 2.53. The molecule has 1 amide bonds. The Morgan fingerprint density at radius 2 is 2.00 bits per heavy atom. The van der Waals surface area contributed by atoms with Gasteiger partial charge in [-0.2, -0.15) is 0 Å². The maximum absolute atomic E-state index is 13.3. The maximum Gasteiger partial charge on any atom is 0.240 e. The van der Waals surface area contributed by atoms with Crippen molar-refractivity contribution in [2.24, 2.45) is 0 Å². The molecule has 1 fully saturated rings. The van der Waals surface area contributed by atoms with E-state index in [-0.39, 0.29) is 16.8 Å². The number of aryl methyl sites for hydroxylation is 1. The Balaban J connectivity index is 1.97. The number of halogens is 1. The Kier molecular flexibility index (Phi) is 5.75. The Hall–Kier alpha value is -1.47. The van der Waals surface area contributed by atoms with Gasteiger partial charge in [0.05, 0.1) is 4.90 Å². The number of likely N-dealkylation sites (tertiary alicyclic amines) is 1. The van der Waals surface area contributed by atoms with Gasteiger partial charge in [-0.15, -0.1) is 0 Å². The molecule has 0 saturated carbocycles. The molecular weight excluding hydrogens is 319 g/mol. The van der Waals surface area contributed by atoms with Crippen molar-refractivity contribution < 1.29 is 17.6 Å². The second kappa shape index (κ2) is 7.40. The van der Waals surface area contributed by atoms with E-state index in [0.29, 0.717) is 37.9 Å². The number of nitrogens with one attached hydrogen (secondary N) is 1. The normalized spacial score (nSPS) is 16.6. The van der Waals surface area contributed by atoms with Crippen molar-refractivity contribution >= 4 is 15.9 Å². The van der Waals surface area contributed by atoms with Gasteiger partial charge in [0.15, 0.2) is 0 Å². The van der Waals surface area contributed by atoms with E-state index < -0.39 is 15.8 Å². The molecule has 1 heterocycles. The van der Waals surface area contributed by atoms with Crippen LogP contribution in [0.3, 0.4) is 0 Å². The largest absolute Gasteiger partial charge is 0.343 e. The Labute approximate surface area is 136 Å². The molecule has 0 aromatic heterocycles. The molecule has 1 aliphatic rings. The number of piperidine rings is 1. The SMILES string of the molecule is CCCC(=O)N1CCC(NS(=O)(=O)c2ccc(F)c(C)c2)CC1. The van der Waals surface area contributed by atoms with E-state index in [9.17, 15) is 17.6 Å². The van der Waals surface area contributed by atoms with Crippen molar-refractivity contribution in [3.8, 4) is 0 Å². The first-order chi connectivity index (χ1) is 10.8. The molecule has 2 rings (SSSR count). The molecule has 0 aliphatic carbocycles. The number of amides is 1. The minimum absolute atomic E-state index is 0.0703. The predicted molar refractivity (Wildman–Crippen MR) is 86.0 cm³/mol. The Bertz CT molecular complexity index is 668. The maximum atomic E-state index is 13.3. The number of benzene rings is 1. The summed E-state index contributed by atoms with van der Waals surface area (Å²) in [7, 11) is -3.67. The lowest BCUT2D eigenvalue weighted by Gasteiger charge is -2.32. The zero-order valence-corrected chi connectivity index (χ0v) is 14.3. The summed E-state index contributed by atoms with van der Waals surface area (Å²) in [5, 5.41) is 0. The second-order valence-corrected chi connectivity index (χ2v) is 7.65. The van der Waals surface area contributed by atoms with Crippen LogP contribution >= 0.6 is 0 Å². The van der Waals surface area contributed by atoms with Gasteiger partial charge in [-0.3, -0.25) is 4.79 Å². The predicted octanol–water partition coefficient (Wildman–Crippen LogP) is 2.20. The van der Waals surface area contributed by atoms with Crippen molar-refractivity contribution in [2.45, 2.75) is 50.5 Å². The molecule has 0 unspecified atom stereocenters. The molecular formula is C16H23FN2O3S. The number of hydrogen-bond acceptors (Lipinski definition) is 3. The summed E-state index contributed by atoms with van der Waals surface area (Å²) < 4.78 is 40.7. The smallest absolute Gasteiger partial charge is 0.240 e. The highest BCUT2D eigenvalue weighted by Gasteiger charge is 2.26. The van der Waals surface area contributed by atoms with Gasteiger partial charge >= 0.3 is 0 Å². The van der Waals surface area contributed by atoms with Gasteiger partial charge < -0.3 is 4.90 Å². The summed E-state index contributed by atoms with van der Waals surface area (Å²) in [5.41, 5.74) is 0.299. The van der Waals surface area contributed by atoms with Gasteiger partial charge in [-0.25, -0.2) is 17.5 Å². The van der Waals surface area contributed by atoms with Crippen LogP contribution in [0.1, 0.15) is 38.2 Å². The summed E-state index contributed by atoms with van der Waals surface area (Å²) in [5.74, 6) is -0.297. The van der Waals surface area contributed by atoms with Gasteiger partial charge in [0.2, 0.25) is 15.9 Å². The van der Waals surface area contributed by atoms with E-state index in [4.69, 9.17) is 0 Å². The highest BCUT2D eigenvalue weighted by Crippen LogP contribution is 2.18. The molecule has 7 heteroatoms. The van der Waals surface area contributed by atoms with E-state index in [1.54, 1.807) is 4.90 Å². The van der Waals surface area contributed by atoms with E-state index >= 15 is 0 Å². The van der Waals surface area contributed by atoms with Gasteiger partial charge in [-0.05, 0) is 49.9 Å². The topological polar surface area (TPSA) is 66.5 Å². The molecule has 0 spiro atoms. The lowest BCUT2D eigenvalue weighted by Crippen LogP contribution is -2.46. The zero-order chi connectivity index (χ0) is 17.0. The summed E-state index contributed by atoms with van der Waals surface area (Å²) in [6, 6.07) is 3.56. The third-order valence-electron chi connectivity index (χ3n) is 4.07. The van der Waals surface area contributed by atoms with Crippen LogP contribution in [0.4, 0.5) is 4.39 Å². The van der Waals surface area contributed by atoms with E-state index in [0.717, 1.165) is 12.5 Å². The second-order valence-electron chi connectivity index (χ2n) is 5.94. The van der Waals surface area contributed by atoms with Crippen molar-refractivity contribution in [1.82, 2.24) is 9.62 Å². The number of hydrogen-bond donors (Lipinski definition) is 1. The fourth-order valence-electron chi connectivity index (χ4n) is 2.69. The van der Waals surface area contributed by atoms with Gasteiger partial charge in [0, 0.05) is 25.6 Å². The highest BCUT2D eigenvalue weighted by atomic mass is 32.2. The first-order valence-corrected chi connectivity index (χ1v) is 9.38. The van der Waals surface area contributed by atoms with Crippen LogP contribution in [0.15, 0.2) is 23.1 Å². The molecule has 0 atom stereocenters. The summed E-state index contributed by atoms with van der Waals surface area (Å²) >= 11 is 0. The lowest BCUT2D eigenvalue weighted by atomic mass is 10.1. The van der Waals surface area contributed by atoms with E-state index in [1.165, 1.54) is 19.1 Å². The number of rotatable bonds is 5. The van der Waals surface area contributed by atoms with Crippen molar-refractivity contribution in [2.75, 3.05) is 13.1 Å².